The van der Waals surface area contributed by atoms with Crippen LogP contribution in [0.5, 0.6) is 5.75 Å². The number of benzene rings is 3. The Morgan fingerprint density at radius 1 is 1.06 bits per heavy atom. The fraction of sp³-hybridized carbons (Fsp3) is 0.214. The Morgan fingerprint density at radius 2 is 1.83 bits per heavy atom. The fourth-order valence-electron chi connectivity index (χ4n) is 4.65. The average molecular weight is 503 g/mol. The van der Waals surface area contributed by atoms with E-state index in [0.29, 0.717) is 29.6 Å². The largest absolute Gasteiger partial charge is 0.497 e. The molecule has 1 atom stereocenters. The van der Waals surface area contributed by atoms with Gasteiger partial charge in [-0.05, 0) is 48.9 Å². The van der Waals surface area contributed by atoms with E-state index in [0.717, 1.165) is 22.4 Å². The molecule has 2 aliphatic rings. The van der Waals surface area contributed by atoms with Crippen molar-refractivity contribution in [2.75, 3.05) is 31.6 Å². The summed E-state index contributed by atoms with van der Waals surface area (Å²) >= 11 is 6.19. The molecule has 0 radical (unpaired) electrons. The molecule has 1 saturated heterocycles. The van der Waals surface area contributed by atoms with E-state index in [1.807, 2.05) is 79.9 Å². The predicted octanol–water partition coefficient (Wildman–Crippen LogP) is 5.03. The van der Waals surface area contributed by atoms with E-state index >= 15 is 0 Å². The molecule has 0 aliphatic carbocycles. The van der Waals surface area contributed by atoms with Crippen molar-refractivity contribution in [1.82, 2.24) is 15.1 Å². The van der Waals surface area contributed by atoms with E-state index in [1.165, 1.54) is 0 Å². The lowest BCUT2D eigenvalue weighted by Gasteiger charge is -2.37. The third-order valence-corrected chi connectivity index (χ3v) is 6.63. The first-order chi connectivity index (χ1) is 17.4. The second kappa shape index (κ2) is 9.95. The zero-order chi connectivity index (χ0) is 25.2. The molecule has 7 nitrogen and oxygen atoms in total. The number of anilines is 1. The quantitative estimate of drug-likeness (QED) is 0.543. The van der Waals surface area contributed by atoms with E-state index in [9.17, 15) is 9.59 Å². The number of nitrogens with zero attached hydrogens (tertiary/aromatic N) is 3. The summed E-state index contributed by atoms with van der Waals surface area (Å²) in [6.45, 7) is 2.91. The van der Waals surface area contributed by atoms with E-state index in [4.69, 9.17) is 16.3 Å². The predicted molar refractivity (Wildman–Crippen MR) is 141 cm³/mol. The molecule has 8 heteroatoms. The van der Waals surface area contributed by atoms with Gasteiger partial charge in [0.1, 0.15) is 18.5 Å². The van der Waals surface area contributed by atoms with Gasteiger partial charge >= 0.3 is 6.03 Å². The van der Waals surface area contributed by atoms with Crippen LogP contribution in [0.1, 0.15) is 22.9 Å². The van der Waals surface area contributed by atoms with Gasteiger partial charge in [0.2, 0.25) is 5.91 Å². The molecule has 184 valence electrons. The first-order valence-corrected chi connectivity index (χ1v) is 12.1. The van der Waals surface area contributed by atoms with Crippen molar-refractivity contribution in [2.24, 2.45) is 0 Å². The molecule has 3 amide bonds. The number of piperazine rings is 1. The van der Waals surface area contributed by atoms with Crippen LogP contribution in [0.15, 0.2) is 79.0 Å². The number of ether oxygens (including phenoxy) is 1. The maximum atomic E-state index is 14.1. The molecule has 5 rings (SSSR count). The van der Waals surface area contributed by atoms with Gasteiger partial charge in [-0.1, -0.05) is 53.6 Å². The molecule has 2 aliphatic heterocycles. The van der Waals surface area contributed by atoms with Gasteiger partial charge in [0.15, 0.2) is 0 Å². The number of amides is 3. The molecule has 0 aromatic heterocycles. The minimum Gasteiger partial charge on any atom is -0.497 e. The fourth-order valence-corrected chi connectivity index (χ4v) is 4.77. The summed E-state index contributed by atoms with van der Waals surface area (Å²) in [5.41, 5.74) is 4.47. The van der Waals surface area contributed by atoms with Crippen molar-refractivity contribution in [3.63, 3.8) is 0 Å². The zero-order valence-corrected chi connectivity index (χ0v) is 20.9. The molecule has 1 unspecified atom stereocenters. The highest BCUT2D eigenvalue weighted by molar-refractivity contribution is 6.30. The second-order valence-corrected chi connectivity index (χ2v) is 9.28. The third-order valence-electron chi connectivity index (χ3n) is 6.37. The normalized spacial score (nSPS) is 17.6. The Bertz CT molecular complexity index is 1320. The van der Waals surface area contributed by atoms with Crippen LogP contribution >= 0.6 is 11.6 Å². The topological polar surface area (TPSA) is 65.1 Å². The van der Waals surface area contributed by atoms with Gasteiger partial charge in [-0.3, -0.25) is 9.69 Å². The summed E-state index contributed by atoms with van der Waals surface area (Å²) in [7, 11) is 1.62. The molecule has 1 N–H and O–H groups in total. The van der Waals surface area contributed by atoms with Crippen LogP contribution in [0.25, 0.3) is 5.70 Å². The van der Waals surface area contributed by atoms with Crippen molar-refractivity contribution >= 4 is 34.9 Å². The van der Waals surface area contributed by atoms with Gasteiger partial charge in [-0.2, -0.15) is 0 Å². The van der Waals surface area contributed by atoms with Crippen molar-refractivity contribution in [1.29, 1.82) is 0 Å². The van der Waals surface area contributed by atoms with Crippen LogP contribution in [0.4, 0.5) is 10.5 Å². The number of nitrogens with one attached hydrogen (secondary N) is 1. The number of carbonyl (C=O) groups excluding carboxylic acids is 2. The Balaban J connectivity index is 1.68. The molecule has 0 saturated carbocycles. The molecule has 3 aromatic carbocycles. The molecule has 0 spiro atoms. The van der Waals surface area contributed by atoms with Crippen LogP contribution in [-0.2, 0) is 4.79 Å². The number of carbonyl (C=O) groups is 2. The van der Waals surface area contributed by atoms with Gasteiger partial charge in [-0.25, -0.2) is 4.79 Å². The number of halogens is 1. The van der Waals surface area contributed by atoms with Crippen molar-refractivity contribution < 1.29 is 14.3 Å². The van der Waals surface area contributed by atoms with E-state index in [-0.39, 0.29) is 18.5 Å². The molecule has 1 fully saturated rings. The first-order valence-electron chi connectivity index (χ1n) is 11.8. The highest BCUT2D eigenvalue weighted by atomic mass is 35.5. The molecule has 36 heavy (non-hydrogen) atoms. The van der Waals surface area contributed by atoms with Gasteiger partial charge in [0.05, 0.1) is 12.8 Å². The summed E-state index contributed by atoms with van der Waals surface area (Å²) in [6.07, 6.45) is 1.51. The van der Waals surface area contributed by atoms with E-state index in [2.05, 4.69) is 16.3 Å². The van der Waals surface area contributed by atoms with Crippen molar-refractivity contribution in [3.05, 3.63) is 101 Å². The molecular formula is C28H27ClN4O3. The standard InChI is InChI=1S/C28H27ClN4O3/c1-19-5-3-7-21(15-19)27-32(23-11-9-22(29)10-12-23)17-25(20-6-4-8-24(16-20)36-2)33(27)28(35)31-14-13-30-26(34)18-31/h3-12,15-17,27H,13-14,18H2,1-2H3,(H,30,34). The highest BCUT2D eigenvalue weighted by Crippen LogP contribution is 2.43. The Morgan fingerprint density at radius 3 is 2.56 bits per heavy atom. The number of aryl methyl sites for hydroxylation is 1. The first kappa shape index (κ1) is 23.8. The smallest absolute Gasteiger partial charge is 0.327 e. The number of hydrogen-bond donors (Lipinski definition) is 1. The Hall–Kier alpha value is -3.97. The summed E-state index contributed by atoms with van der Waals surface area (Å²) in [5.74, 6) is 0.526. The minimum absolute atomic E-state index is 0.0161. The van der Waals surface area contributed by atoms with Crippen LogP contribution in [0.3, 0.4) is 0 Å². The maximum Gasteiger partial charge on any atom is 0.327 e. The van der Waals surface area contributed by atoms with E-state index < -0.39 is 6.17 Å². The summed E-state index contributed by atoms with van der Waals surface area (Å²) < 4.78 is 5.47. The monoisotopic (exact) mass is 502 g/mol. The lowest BCUT2D eigenvalue weighted by atomic mass is 10.1. The van der Waals surface area contributed by atoms with Crippen LogP contribution in [-0.4, -0.2) is 48.5 Å². The number of methoxy groups -OCH3 is 1. The van der Waals surface area contributed by atoms with Crippen LogP contribution in [0.2, 0.25) is 5.02 Å². The maximum absolute atomic E-state index is 14.1. The Kier molecular flexibility index (Phi) is 6.57. The number of rotatable bonds is 4. The number of urea groups is 1. The Labute approximate surface area is 215 Å². The molecule has 2 heterocycles. The van der Waals surface area contributed by atoms with Gasteiger partial charge in [0, 0.05) is 35.6 Å². The summed E-state index contributed by atoms with van der Waals surface area (Å²) in [6, 6.07) is 23.1. The lowest BCUT2D eigenvalue weighted by Crippen LogP contribution is -2.54. The summed E-state index contributed by atoms with van der Waals surface area (Å²) in [4.78, 5) is 31.7. The molecule has 3 aromatic rings. The van der Waals surface area contributed by atoms with Crippen LogP contribution in [0, 0.1) is 6.92 Å². The van der Waals surface area contributed by atoms with Gasteiger partial charge in [0.25, 0.3) is 0 Å². The minimum atomic E-state index is -0.468. The lowest BCUT2D eigenvalue weighted by molar-refractivity contribution is -0.123. The highest BCUT2D eigenvalue weighted by Gasteiger charge is 2.41. The zero-order valence-electron chi connectivity index (χ0n) is 20.1. The SMILES string of the molecule is COc1cccc(C2=CN(c3ccc(Cl)cc3)C(c3cccc(C)c3)N2C(=O)N2CCNC(=O)C2)c1. The van der Waals surface area contributed by atoms with Gasteiger partial charge < -0.3 is 19.9 Å². The third kappa shape index (κ3) is 4.62. The van der Waals surface area contributed by atoms with Gasteiger partial charge in [-0.15, -0.1) is 0 Å². The molecular weight excluding hydrogens is 476 g/mol. The van der Waals surface area contributed by atoms with Crippen molar-refractivity contribution in [3.8, 4) is 5.75 Å². The van der Waals surface area contributed by atoms with E-state index in [1.54, 1.807) is 16.9 Å². The molecule has 0 bridgehead atoms. The number of hydrogen-bond acceptors (Lipinski definition) is 4. The average Bonchev–Trinajstić information content (AvgIpc) is 3.29. The van der Waals surface area contributed by atoms with Crippen molar-refractivity contribution in [2.45, 2.75) is 13.1 Å². The second-order valence-electron chi connectivity index (χ2n) is 8.84. The summed E-state index contributed by atoms with van der Waals surface area (Å²) in [5, 5.41) is 3.43. The van der Waals surface area contributed by atoms with Crippen LogP contribution < -0.4 is 15.0 Å².